The Morgan fingerprint density at radius 2 is 2.11 bits per heavy atom. The average Bonchev–Trinajstić information content (AvgIpc) is 2.74. The Bertz CT molecular complexity index is 456. The summed E-state index contributed by atoms with van der Waals surface area (Å²) >= 11 is 0. The normalized spacial score (nSPS) is 19.9. The van der Waals surface area contributed by atoms with E-state index in [4.69, 9.17) is 5.26 Å². The lowest BCUT2D eigenvalue weighted by Gasteiger charge is -2.31. The molecule has 2 heterocycles. The van der Waals surface area contributed by atoms with Gasteiger partial charge in [0.15, 0.2) is 11.5 Å². The summed E-state index contributed by atoms with van der Waals surface area (Å²) in [6.07, 6.45) is 6.72. The van der Waals surface area contributed by atoms with Crippen molar-refractivity contribution < 1.29 is 0 Å². The maximum atomic E-state index is 9.12. The highest BCUT2D eigenvalue weighted by Crippen LogP contribution is 2.33. The second kappa shape index (κ2) is 4.93. The molecule has 1 aromatic heterocycles. The van der Waals surface area contributed by atoms with Gasteiger partial charge in [0.1, 0.15) is 6.07 Å². The van der Waals surface area contributed by atoms with Crippen LogP contribution in [0.25, 0.3) is 0 Å². The van der Waals surface area contributed by atoms with E-state index in [-0.39, 0.29) is 0 Å². The lowest BCUT2D eigenvalue weighted by atomic mass is 9.87. The van der Waals surface area contributed by atoms with E-state index < -0.39 is 0 Å². The number of nitrogens with zero attached hydrogens (tertiary/aromatic N) is 4. The topological polar surface area (TPSA) is 52.8 Å². The molecule has 0 amide bonds. The fourth-order valence-electron chi connectivity index (χ4n) is 2.65. The smallest absolute Gasteiger partial charge is 0.183 e. The molecule has 2 rings (SSSR count). The molecule has 1 atom stereocenters. The maximum absolute atomic E-state index is 9.12. The second-order valence-electron chi connectivity index (χ2n) is 6.09. The van der Waals surface area contributed by atoms with Crippen molar-refractivity contribution in [2.75, 3.05) is 11.4 Å². The molecule has 0 radical (unpaired) electrons. The molecular weight excluding hydrogens is 224 g/mol. The van der Waals surface area contributed by atoms with Crippen LogP contribution in [0, 0.1) is 16.7 Å². The minimum atomic E-state index is 0.294. The summed E-state index contributed by atoms with van der Waals surface area (Å²) in [5.74, 6) is 0.756. The first-order valence-corrected chi connectivity index (χ1v) is 6.49. The standard InChI is InChI=1S/C14H20N4/c1-14(2,3)9-11-5-4-8-18(11)13-12(10-15)16-6-7-17-13/h6-7,11H,4-5,8-9H2,1-3H3. The van der Waals surface area contributed by atoms with E-state index in [9.17, 15) is 0 Å². The SMILES string of the molecule is CC(C)(C)CC1CCCN1c1nccnc1C#N. The molecular formula is C14H20N4. The van der Waals surface area contributed by atoms with E-state index in [1.54, 1.807) is 12.4 Å². The van der Waals surface area contributed by atoms with Gasteiger partial charge in [-0.1, -0.05) is 20.8 Å². The van der Waals surface area contributed by atoms with Gasteiger partial charge in [0, 0.05) is 25.0 Å². The number of hydrogen-bond acceptors (Lipinski definition) is 4. The van der Waals surface area contributed by atoms with Crippen LogP contribution in [-0.2, 0) is 0 Å². The van der Waals surface area contributed by atoms with Crippen LogP contribution >= 0.6 is 0 Å². The highest BCUT2D eigenvalue weighted by Gasteiger charge is 2.30. The van der Waals surface area contributed by atoms with Crippen LogP contribution in [0.15, 0.2) is 12.4 Å². The van der Waals surface area contributed by atoms with Crippen LogP contribution in [0.2, 0.25) is 0 Å². The second-order valence-corrected chi connectivity index (χ2v) is 6.09. The molecule has 0 aliphatic carbocycles. The van der Waals surface area contributed by atoms with E-state index in [0.717, 1.165) is 18.8 Å². The van der Waals surface area contributed by atoms with Gasteiger partial charge in [0.2, 0.25) is 0 Å². The van der Waals surface area contributed by atoms with Crippen molar-refractivity contribution in [3.63, 3.8) is 0 Å². The molecule has 0 spiro atoms. The molecule has 96 valence electrons. The third kappa shape index (κ3) is 2.79. The van der Waals surface area contributed by atoms with Crippen molar-refractivity contribution in [2.24, 2.45) is 5.41 Å². The summed E-state index contributed by atoms with van der Waals surface area (Å²) in [7, 11) is 0. The molecule has 4 heteroatoms. The molecule has 1 aliphatic rings. The summed E-state index contributed by atoms with van der Waals surface area (Å²) in [6.45, 7) is 7.75. The molecule has 18 heavy (non-hydrogen) atoms. The fourth-order valence-corrected chi connectivity index (χ4v) is 2.65. The summed E-state index contributed by atoms with van der Waals surface area (Å²) in [6, 6.07) is 2.62. The summed E-state index contributed by atoms with van der Waals surface area (Å²) in [5.41, 5.74) is 0.737. The number of aromatic nitrogens is 2. The molecule has 1 fully saturated rings. The largest absolute Gasteiger partial charge is 0.351 e. The molecule has 0 N–H and O–H groups in total. The minimum Gasteiger partial charge on any atom is -0.351 e. The van der Waals surface area contributed by atoms with Crippen molar-refractivity contribution in [3.05, 3.63) is 18.1 Å². The van der Waals surface area contributed by atoms with Gasteiger partial charge in [-0.25, -0.2) is 9.97 Å². The van der Waals surface area contributed by atoms with E-state index in [2.05, 4.69) is 41.7 Å². The Balaban J connectivity index is 2.24. The third-order valence-corrected chi connectivity index (χ3v) is 3.28. The van der Waals surface area contributed by atoms with Gasteiger partial charge in [-0.05, 0) is 24.7 Å². The first kappa shape index (κ1) is 12.8. The van der Waals surface area contributed by atoms with Gasteiger partial charge >= 0.3 is 0 Å². The van der Waals surface area contributed by atoms with E-state index in [1.165, 1.54) is 12.8 Å². The lowest BCUT2D eigenvalue weighted by molar-refractivity contribution is 0.338. The molecule has 4 nitrogen and oxygen atoms in total. The quantitative estimate of drug-likeness (QED) is 0.802. The van der Waals surface area contributed by atoms with E-state index >= 15 is 0 Å². The lowest BCUT2D eigenvalue weighted by Crippen LogP contribution is -2.34. The monoisotopic (exact) mass is 244 g/mol. The first-order valence-electron chi connectivity index (χ1n) is 6.49. The molecule has 1 aliphatic heterocycles. The first-order chi connectivity index (χ1) is 8.51. The number of nitriles is 1. The van der Waals surface area contributed by atoms with Crippen molar-refractivity contribution in [3.8, 4) is 6.07 Å². The number of anilines is 1. The summed E-state index contributed by atoms with van der Waals surface area (Å²) < 4.78 is 0. The average molecular weight is 244 g/mol. The zero-order valence-corrected chi connectivity index (χ0v) is 11.3. The fraction of sp³-hybridized carbons (Fsp3) is 0.643. The van der Waals surface area contributed by atoms with Gasteiger partial charge in [-0.15, -0.1) is 0 Å². The third-order valence-electron chi connectivity index (χ3n) is 3.28. The van der Waals surface area contributed by atoms with Crippen molar-refractivity contribution in [2.45, 2.75) is 46.1 Å². The maximum Gasteiger partial charge on any atom is 0.183 e. The van der Waals surface area contributed by atoms with Crippen molar-refractivity contribution in [1.29, 1.82) is 5.26 Å². The van der Waals surface area contributed by atoms with Crippen LogP contribution in [0.1, 0.15) is 45.7 Å². The van der Waals surface area contributed by atoms with Crippen LogP contribution in [0.4, 0.5) is 5.82 Å². The van der Waals surface area contributed by atoms with E-state index in [1.807, 2.05) is 0 Å². The molecule has 0 bridgehead atoms. The number of rotatable bonds is 2. The van der Waals surface area contributed by atoms with Crippen LogP contribution < -0.4 is 4.90 Å². The summed E-state index contributed by atoms with van der Waals surface area (Å²) in [4.78, 5) is 10.7. The highest BCUT2D eigenvalue weighted by molar-refractivity contribution is 5.51. The van der Waals surface area contributed by atoms with Crippen molar-refractivity contribution >= 4 is 5.82 Å². The predicted molar refractivity (Wildman–Crippen MR) is 71.2 cm³/mol. The molecule has 1 unspecified atom stereocenters. The van der Waals surface area contributed by atoms with Gasteiger partial charge in [0.05, 0.1) is 0 Å². The molecule has 0 saturated carbocycles. The van der Waals surface area contributed by atoms with Crippen LogP contribution in [-0.4, -0.2) is 22.6 Å². The Morgan fingerprint density at radius 3 is 2.78 bits per heavy atom. The van der Waals surface area contributed by atoms with Gasteiger partial charge in [-0.3, -0.25) is 0 Å². The zero-order chi connectivity index (χ0) is 13.2. The molecule has 1 saturated heterocycles. The Hall–Kier alpha value is -1.63. The Morgan fingerprint density at radius 1 is 1.39 bits per heavy atom. The number of hydrogen-bond donors (Lipinski definition) is 0. The Labute approximate surface area is 109 Å². The van der Waals surface area contributed by atoms with Gasteiger partial charge in [-0.2, -0.15) is 5.26 Å². The Kier molecular flexibility index (Phi) is 3.51. The minimum absolute atomic E-state index is 0.294. The van der Waals surface area contributed by atoms with Crippen LogP contribution in [0.3, 0.4) is 0 Å². The van der Waals surface area contributed by atoms with E-state index in [0.29, 0.717) is 17.2 Å². The van der Waals surface area contributed by atoms with Crippen LogP contribution in [0.5, 0.6) is 0 Å². The van der Waals surface area contributed by atoms with Gasteiger partial charge < -0.3 is 4.90 Å². The van der Waals surface area contributed by atoms with Crippen molar-refractivity contribution in [1.82, 2.24) is 9.97 Å². The molecule has 1 aromatic rings. The predicted octanol–water partition coefficient (Wildman–Crippen LogP) is 2.75. The van der Waals surface area contributed by atoms with Gasteiger partial charge in [0.25, 0.3) is 0 Å². The molecule has 0 aromatic carbocycles. The highest BCUT2D eigenvalue weighted by atomic mass is 15.2. The summed E-state index contributed by atoms with van der Waals surface area (Å²) in [5, 5.41) is 9.12. The zero-order valence-electron chi connectivity index (χ0n) is 11.3.